The highest BCUT2D eigenvalue weighted by molar-refractivity contribution is 6.20. The van der Waals surface area contributed by atoms with Crippen LogP contribution in [0.2, 0.25) is 0 Å². The third-order valence-electron chi connectivity index (χ3n) is 13.9. The molecule has 13 aromatic rings. The van der Waals surface area contributed by atoms with Crippen LogP contribution in [0, 0.1) is 0 Å². The van der Waals surface area contributed by atoms with E-state index in [1.165, 1.54) is 99.0 Å². The summed E-state index contributed by atoms with van der Waals surface area (Å²) in [6, 6.07) is 102. The van der Waals surface area contributed by atoms with Crippen molar-refractivity contribution in [3.8, 4) is 61.5 Å². The molecule has 328 valence electrons. The number of benzene rings is 12. The lowest BCUT2D eigenvalue weighted by molar-refractivity contribution is 1.14. The first kappa shape index (κ1) is 41.0. The highest BCUT2D eigenvalue weighted by atomic mass is 15.1. The molecule has 12 aromatic carbocycles. The molecule has 0 radical (unpaired) electrons. The van der Waals surface area contributed by atoms with Crippen molar-refractivity contribution >= 4 is 60.3 Å². The van der Waals surface area contributed by atoms with Gasteiger partial charge in [0.1, 0.15) is 0 Å². The van der Waals surface area contributed by atoms with Crippen molar-refractivity contribution in [1.29, 1.82) is 0 Å². The molecular weight excluding hydrogens is 845 g/mol. The topological polar surface area (TPSA) is 8.17 Å². The fourth-order valence-corrected chi connectivity index (χ4v) is 10.7. The third kappa shape index (κ3) is 7.22. The van der Waals surface area contributed by atoms with Crippen molar-refractivity contribution in [2.24, 2.45) is 0 Å². The van der Waals surface area contributed by atoms with Crippen LogP contribution in [0.3, 0.4) is 0 Å². The minimum Gasteiger partial charge on any atom is -0.310 e. The zero-order valence-electron chi connectivity index (χ0n) is 38.5. The SMILES string of the molecule is c1ccc(-c2ccc(N(c3ccc(-c4ccccc4)cc3)c3ccc4c(ccc5cc(-c6cc7c(-c8ccccc8)c(-c8ccccc8)n(-c8ccccc8)c7c7ccccc67)ccc54)c3)cc2)cc1. The van der Waals surface area contributed by atoms with E-state index in [0.29, 0.717) is 0 Å². The quantitative estimate of drug-likeness (QED) is 0.131. The fourth-order valence-electron chi connectivity index (χ4n) is 10.7. The molecule has 2 heteroatoms. The first-order valence-corrected chi connectivity index (χ1v) is 24.1. The summed E-state index contributed by atoms with van der Waals surface area (Å²) in [5.41, 5.74) is 17.7. The maximum atomic E-state index is 2.49. The van der Waals surface area contributed by atoms with E-state index in [1.54, 1.807) is 0 Å². The molecule has 0 aliphatic heterocycles. The van der Waals surface area contributed by atoms with Crippen LogP contribution in [-0.2, 0) is 0 Å². The smallest absolute Gasteiger partial charge is 0.0620 e. The molecule has 0 atom stereocenters. The van der Waals surface area contributed by atoms with Crippen LogP contribution < -0.4 is 4.90 Å². The number of aromatic nitrogens is 1. The van der Waals surface area contributed by atoms with Gasteiger partial charge in [-0.25, -0.2) is 0 Å². The molecule has 0 saturated carbocycles. The van der Waals surface area contributed by atoms with E-state index in [9.17, 15) is 0 Å². The van der Waals surface area contributed by atoms with Crippen molar-refractivity contribution in [2.75, 3.05) is 4.90 Å². The largest absolute Gasteiger partial charge is 0.310 e. The summed E-state index contributed by atoms with van der Waals surface area (Å²) < 4.78 is 2.49. The summed E-state index contributed by atoms with van der Waals surface area (Å²) in [5.74, 6) is 0. The molecular formula is C68H46N2. The molecule has 1 heterocycles. The molecule has 13 rings (SSSR count). The van der Waals surface area contributed by atoms with Crippen molar-refractivity contribution < 1.29 is 0 Å². The van der Waals surface area contributed by atoms with Gasteiger partial charge in [-0.1, -0.05) is 218 Å². The van der Waals surface area contributed by atoms with Gasteiger partial charge in [0, 0.05) is 39.1 Å². The van der Waals surface area contributed by atoms with Crippen LogP contribution in [0.5, 0.6) is 0 Å². The second kappa shape index (κ2) is 17.4. The Morgan fingerprint density at radius 1 is 0.257 bits per heavy atom. The Morgan fingerprint density at radius 2 is 0.686 bits per heavy atom. The van der Waals surface area contributed by atoms with Crippen molar-refractivity contribution in [1.82, 2.24) is 4.57 Å². The Kier molecular flexibility index (Phi) is 10.2. The average Bonchev–Trinajstić information content (AvgIpc) is 3.80. The molecule has 0 unspecified atom stereocenters. The number of para-hydroxylation sites is 1. The Hall–Kier alpha value is -9.24. The van der Waals surface area contributed by atoms with E-state index in [0.717, 1.165) is 22.7 Å². The zero-order chi connectivity index (χ0) is 46.4. The van der Waals surface area contributed by atoms with Gasteiger partial charge in [-0.05, 0) is 132 Å². The molecule has 0 saturated heterocycles. The van der Waals surface area contributed by atoms with Crippen molar-refractivity contribution in [3.05, 3.63) is 279 Å². The summed E-state index contributed by atoms with van der Waals surface area (Å²) in [6.45, 7) is 0. The Bertz CT molecular complexity index is 3910. The first-order valence-electron chi connectivity index (χ1n) is 24.1. The number of hydrogen-bond acceptors (Lipinski definition) is 1. The highest BCUT2D eigenvalue weighted by Crippen LogP contribution is 2.48. The number of hydrogen-bond donors (Lipinski definition) is 0. The van der Waals surface area contributed by atoms with Crippen LogP contribution in [0.4, 0.5) is 17.1 Å². The predicted octanol–water partition coefficient (Wildman–Crippen LogP) is 18.9. The molecule has 0 N–H and O–H groups in total. The van der Waals surface area contributed by atoms with Gasteiger partial charge in [0.05, 0.1) is 11.2 Å². The molecule has 0 bridgehead atoms. The number of anilines is 3. The first-order chi connectivity index (χ1) is 34.7. The standard InChI is InChI=1S/C68H46N2/c1-6-18-47(19-7-1)49-32-37-57(38-33-49)69(58-39-34-50(35-40-58)48-20-8-2-9-21-48)59-41-43-61-55(45-59)31-30-53-44-54(36-42-60(53)61)64-46-65-66(51-22-10-3-11-23-51)67(52-24-12-4-13-25-52)70(56-26-14-5-15-27-56)68(65)63-29-17-16-28-62(63)64/h1-46H. The van der Waals surface area contributed by atoms with Gasteiger partial charge in [0.25, 0.3) is 0 Å². The summed E-state index contributed by atoms with van der Waals surface area (Å²) in [6.07, 6.45) is 0. The lowest BCUT2D eigenvalue weighted by atomic mass is 9.91. The average molecular weight is 891 g/mol. The second-order valence-corrected chi connectivity index (χ2v) is 18.1. The van der Waals surface area contributed by atoms with E-state index < -0.39 is 0 Å². The van der Waals surface area contributed by atoms with E-state index in [-0.39, 0.29) is 0 Å². The third-order valence-corrected chi connectivity index (χ3v) is 13.9. The minimum absolute atomic E-state index is 1.10. The molecule has 0 aliphatic carbocycles. The molecule has 70 heavy (non-hydrogen) atoms. The zero-order valence-corrected chi connectivity index (χ0v) is 38.5. The summed E-state index contributed by atoms with van der Waals surface area (Å²) >= 11 is 0. The van der Waals surface area contributed by atoms with Crippen LogP contribution in [0.1, 0.15) is 0 Å². The number of nitrogens with zero attached hydrogens (tertiary/aromatic N) is 2. The summed E-state index contributed by atoms with van der Waals surface area (Å²) in [5, 5.41) is 8.53. The van der Waals surface area contributed by atoms with Crippen molar-refractivity contribution in [2.45, 2.75) is 0 Å². The monoisotopic (exact) mass is 890 g/mol. The maximum absolute atomic E-state index is 2.49. The lowest BCUT2D eigenvalue weighted by Crippen LogP contribution is -2.09. The predicted molar refractivity (Wildman–Crippen MR) is 298 cm³/mol. The lowest BCUT2D eigenvalue weighted by Gasteiger charge is -2.26. The van der Waals surface area contributed by atoms with Gasteiger partial charge >= 0.3 is 0 Å². The van der Waals surface area contributed by atoms with Crippen LogP contribution >= 0.6 is 0 Å². The van der Waals surface area contributed by atoms with E-state index in [1.807, 2.05) is 0 Å². The Balaban J connectivity index is 0.952. The van der Waals surface area contributed by atoms with Gasteiger partial charge in [0.15, 0.2) is 0 Å². The van der Waals surface area contributed by atoms with Gasteiger partial charge in [-0.15, -0.1) is 0 Å². The van der Waals surface area contributed by atoms with Gasteiger partial charge in [-0.2, -0.15) is 0 Å². The molecule has 0 fully saturated rings. The fraction of sp³-hybridized carbons (Fsp3) is 0. The van der Waals surface area contributed by atoms with Gasteiger partial charge in [0.2, 0.25) is 0 Å². The Morgan fingerprint density at radius 3 is 1.26 bits per heavy atom. The Labute approximate surface area is 408 Å². The van der Waals surface area contributed by atoms with Gasteiger partial charge < -0.3 is 9.47 Å². The summed E-state index contributed by atoms with van der Waals surface area (Å²) in [4.78, 5) is 2.37. The molecule has 0 amide bonds. The van der Waals surface area contributed by atoms with Crippen molar-refractivity contribution in [3.63, 3.8) is 0 Å². The normalized spacial score (nSPS) is 11.4. The number of fused-ring (bicyclic) bond motifs is 6. The second-order valence-electron chi connectivity index (χ2n) is 18.1. The van der Waals surface area contributed by atoms with E-state index in [4.69, 9.17) is 0 Å². The van der Waals surface area contributed by atoms with E-state index >= 15 is 0 Å². The van der Waals surface area contributed by atoms with Crippen LogP contribution in [0.15, 0.2) is 279 Å². The van der Waals surface area contributed by atoms with Crippen LogP contribution in [0.25, 0.3) is 105 Å². The number of rotatable bonds is 9. The molecule has 0 aliphatic rings. The molecule has 0 spiro atoms. The van der Waals surface area contributed by atoms with Crippen LogP contribution in [-0.4, -0.2) is 4.57 Å². The maximum Gasteiger partial charge on any atom is 0.0620 e. The van der Waals surface area contributed by atoms with E-state index in [2.05, 4.69) is 289 Å². The van der Waals surface area contributed by atoms with Gasteiger partial charge in [-0.3, -0.25) is 0 Å². The summed E-state index contributed by atoms with van der Waals surface area (Å²) in [7, 11) is 0. The highest BCUT2D eigenvalue weighted by Gasteiger charge is 2.25. The molecule has 2 nitrogen and oxygen atoms in total. The molecule has 1 aromatic heterocycles. The minimum atomic E-state index is 1.10.